The highest BCUT2D eigenvalue weighted by Crippen LogP contribution is 2.14. The van der Waals surface area contributed by atoms with Crippen LogP contribution >= 0.6 is 11.8 Å². The maximum absolute atomic E-state index is 11.5. The summed E-state index contributed by atoms with van der Waals surface area (Å²) in [4.78, 5) is 26.6. The number of nitrogens with zero attached hydrogens (tertiary/aromatic N) is 4. The number of carbonyl (C=O) groups is 1. The van der Waals surface area contributed by atoms with Gasteiger partial charge in [-0.1, -0.05) is 17.8 Å². The zero-order valence-electron chi connectivity index (χ0n) is 13.7. The monoisotopic (exact) mass is 343 g/mol. The van der Waals surface area contributed by atoms with Gasteiger partial charge in [-0.15, -0.1) is 0 Å². The van der Waals surface area contributed by atoms with E-state index in [1.807, 2.05) is 30.9 Å². The van der Waals surface area contributed by atoms with Crippen LogP contribution in [0.15, 0.2) is 42.1 Å². The molecule has 1 N–H and O–H groups in total. The molecule has 0 spiro atoms. The Bertz CT molecular complexity index is 664. The lowest BCUT2D eigenvalue weighted by atomic mass is 10.1. The van der Waals surface area contributed by atoms with Crippen LogP contribution in [0.4, 0.5) is 0 Å². The van der Waals surface area contributed by atoms with Crippen molar-refractivity contribution < 1.29 is 4.79 Å². The standard InChI is InChI=1S/C17H21N5OS/c1-24-17-19-8-14(9-20-17)11-22(10-13-3-2-6-18-7-13)12-15-4-5-16(23)21-15/h2-3,6-9,15H,4-5,10-12H2,1H3,(H,21,23)/t15-/m0/s1. The first-order chi connectivity index (χ1) is 11.7. The van der Waals surface area contributed by atoms with E-state index < -0.39 is 0 Å². The summed E-state index contributed by atoms with van der Waals surface area (Å²) in [7, 11) is 0. The van der Waals surface area contributed by atoms with E-state index in [1.165, 1.54) is 11.8 Å². The summed E-state index contributed by atoms with van der Waals surface area (Å²) in [6, 6.07) is 4.22. The number of nitrogens with one attached hydrogen (secondary N) is 1. The van der Waals surface area contributed by atoms with E-state index in [2.05, 4.69) is 31.2 Å². The van der Waals surface area contributed by atoms with Crippen LogP contribution in [0.3, 0.4) is 0 Å². The van der Waals surface area contributed by atoms with E-state index in [1.54, 1.807) is 6.20 Å². The highest BCUT2D eigenvalue weighted by molar-refractivity contribution is 7.98. The van der Waals surface area contributed by atoms with Crippen LogP contribution < -0.4 is 5.32 Å². The normalized spacial score (nSPS) is 17.2. The summed E-state index contributed by atoms with van der Waals surface area (Å²) in [5, 5.41) is 3.82. The summed E-state index contributed by atoms with van der Waals surface area (Å²) >= 11 is 1.53. The molecule has 1 aliphatic rings. The van der Waals surface area contributed by atoms with Crippen molar-refractivity contribution in [3.63, 3.8) is 0 Å². The molecule has 0 radical (unpaired) electrons. The van der Waals surface area contributed by atoms with Gasteiger partial charge >= 0.3 is 0 Å². The smallest absolute Gasteiger partial charge is 0.220 e. The van der Waals surface area contributed by atoms with E-state index in [0.29, 0.717) is 6.42 Å². The fourth-order valence-corrected chi connectivity index (χ4v) is 3.17. The third-order valence-electron chi connectivity index (χ3n) is 3.96. The Kier molecular flexibility index (Phi) is 5.77. The van der Waals surface area contributed by atoms with Crippen molar-refractivity contribution in [2.24, 2.45) is 0 Å². The van der Waals surface area contributed by atoms with Gasteiger partial charge in [0.2, 0.25) is 5.91 Å². The van der Waals surface area contributed by atoms with Crippen molar-refractivity contribution in [1.29, 1.82) is 0 Å². The lowest BCUT2D eigenvalue weighted by Crippen LogP contribution is -2.38. The molecule has 1 saturated heterocycles. The van der Waals surface area contributed by atoms with E-state index in [0.717, 1.165) is 42.3 Å². The molecule has 3 rings (SSSR count). The van der Waals surface area contributed by atoms with E-state index in [4.69, 9.17) is 0 Å². The van der Waals surface area contributed by atoms with Gasteiger partial charge in [-0.2, -0.15) is 0 Å². The van der Waals surface area contributed by atoms with E-state index in [9.17, 15) is 4.79 Å². The van der Waals surface area contributed by atoms with Gasteiger partial charge < -0.3 is 5.32 Å². The number of aromatic nitrogens is 3. The van der Waals surface area contributed by atoms with Crippen molar-refractivity contribution in [2.45, 2.75) is 37.1 Å². The lowest BCUT2D eigenvalue weighted by molar-refractivity contribution is -0.119. The predicted octanol–water partition coefficient (Wildman–Crippen LogP) is 1.87. The second kappa shape index (κ2) is 8.21. The van der Waals surface area contributed by atoms with Crippen LogP contribution in [0.1, 0.15) is 24.0 Å². The number of hydrogen-bond acceptors (Lipinski definition) is 6. The molecule has 1 fully saturated rings. The summed E-state index contributed by atoms with van der Waals surface area (Å²) in [6.07, 6.45) is 10.9. The Morgan fingerprint density at radius 1 is 1.25 bits per heavy atom. The predicted molar refractivity (Wildman–Crippen MR) is 93.3 cm³/mol. The maximum atomic E-state index is 11.5. The molecule has 7 heteroatoms. The second-order valence-electron chi connectivity index (χ2n) is 5.91. The molecule has 0 bridgehead atoms. The highest BCUT2D eigenvalue weighted by Gasteiger charge is 2.23. The van der Waals surface area contributed by atoms with Crippen LogP contribution in [-0.2, 0) is 17.9 Å². The number of thioether (sulfide) groups is 1. The fourth-order valence-electron chi connectivity index (χ4n) is 2.85. The average molecular weight is 343 g/mol. The van der Waals surface area contributed by atoms with Crippen molar-refractivity contribution in [1.82, 2.24) is 25.2 Å². The van der Waals surface area contributed by atoms with Gasteiger partial charge in [0.1, 0.15) is 0 Å². The Morgan fingerprint density at radius 2 is 2.04 bits per heavy atom. The Morgan fingerprint density at radius 3 is 2.67 bits per heavy atom. The largest absolute Gasteiger partial charge is 0.352 e. The van der Waals surface area contributed by atoms with Gasteiger partial charge in [0.15, 0.2) is 5.16 Å². The molecule has 24 heavy (non-hydrogen) atoms. The highest BCUT2D eigenvalue weighted by atomic mass is 32.2. The molecule has 1 amide bonds. The Balaban J connectivity index is 1.69. The number of hydrogen-bond donors (Lipinski definition) is 1. The maximum Gasteiger partial charge on any atom is 0.220 e. The number of amides is 1. The van der Waals surface area contributed by atoms with Gasteiger partial charge in [0, 0.05) is 62.4 Å². The number of carbonyl (C=O) groups excluding carboxylic acids is 1. The minimum atomic E-state index is 0.147. The van der Waals surface area contributed by atoms with Crippen molar-refractivity contribution in [2.75, 3.05) is 12.8 Å². The quantitative estimate of drug-likeness (QED) is 0.611. The number of rotatable bonds is 7. The van der Waals surface area contributed by atoms with Gasteiger partial charge in [0.25, 0.3) is 0 Å². The molecule has 1 aliphatic heterocycles. The van der Waals surface area contributed by atoms with Gasteiger partial charge in [-0.25, -0.2) is 9.97 Å². The zero-order valence-corrected chi connectivity index (χ0v) is 14.5. The summed E-state index contributed by atoms with van der Waals surface area (Å²) in [5.74, 6) is 0.147. The molecule has 2 aromatic rings. The average Bonchev–Trinajstić information content (AvgIpc) is 3.01. The summed E-state index contributed by atoms with van der Waals surface area (Å²) in [6.45, 7) is 2.34. The van der Waals surface area contributed by atoms with Crippen LogP contribution in [0, 0.1) is 0 Å². The molecule has 0 saturated carbocycles. The molecular formula is C17H21N5OS. The first kappa shape index (κ1) is 16.9. The lowest BCUT2D eigenvalue weighted by Gasteiger charge is -2.25. The first-order valence-corrected chi connectivity index (χ1v) is 9.21. The topological polar surface area (TPSA) is 71.0 Å². The van der Waals surface area contributed by atoms with Crippen LogP contribution in [-0.4, -0.2) is 44.6 Å². The van der Waals surface area contributed by atoms with E-state index in [-0.39, 0.29) is 11.9 Å². The van der Waals surface area contributed by atoms with Crippen molar-refractivity contribution in [3.05, 3.63) is 48.0 Å². The molecule has 0 unspecified atom stereocenters. The molecule has 0 aliphatic carbocycles. The van der Waals surface area contributed by atoms with Crippen molar-refractivity contribution >= 4 is 17.7 Å². The van der Waals surface area contributed by atoms with Crippen LogP contribution in [0.5, 0.6) is 0 Å². The van der Waals surface area contributed by atoms with E-state index >= 15 is 0 Å². The van der Waals surface area contributed by atoms with Crippen LogP contribution in [0.25, 0.3) is 0 Å². The molecule has 2 aromatic heterocycles. The minimum Gasteiger partial charge on any atom is -0.352 e. The Hall–Kier alpha value is -1.99. The fraction of sp³-hybridized carbons (Fsp3) is 0.412. The third-order valence-corrected chi connectivity index (χ3v) is 4.54. The molecule has 0 aromatic carbocycles. The van der Waals surface area contributed by atoms with Crippen molar-refractivity contribution in [3.8, 4) is 0 Å². The molecule has 6 nitrogen and oxygen atoms in total. The molecule has 3 heterocycles. The molecular weight excluding hydrogens is 322 g/mol. The zero-order chi connectivity index (χ0) is 16.8. The van der Waals surface area contributed by atoms with Crippen LogP contribution in [0.2, 0.25) is 0 Å². The summed E-state index contributed by atoms with van der Waals surface area (Å²) in [5.41, 5.74) is 2.23. The second-order valence-corrected chi connectivity index (χ2v) is 6.69. The third kappa shape index (κ3) is 4.75. The SMILES string of the molecule is CSc1ncc(CN(Cc2cccnc2)C[C@@H]2CCC(=O)N2)cn1. The number of pyridine rings is 1. The first-order valence-electron chi connectivity index (χ1n) is 7.98. The van der Waals surface area contributed by atoms with Gasteiger partial charge in [-0.3, -0.25) is 14.7 Å². The van der Waals surface area contributed by atoms with Gasteiger partial charge in [-0.05, 0) is 24.3 Å². The summed E-state index contributed by atoms with van der Waals surface area (Å²) < 4.78 is 0. The molecule has 126 valence electrons. The molecule has 1 atom stereocenters. The Labute approximate surface area is 146 Å². The van der Waals surface area contributed by atoms with Gasteiger partial charge in [0.05, 0.1) is 0 Å². The minimum absolute atomic E-state index is 0.147.